The highest BCUT2D eigenvalue weighted by Gasteiger charge is 2.20. The van der Waals surface area contributed by atoms with E-state index >= 15 is 0 Å². The Balaban J connectivity index is 2.08. The zero-order valence-corrected chi connectivity index (χ0v) is 11.1. The average Bonchev–Trinajstić information content (AvgIpc) is 2.78. The summed E-state index contributed by atoms with van der Waals surface area (Å²) in [5.41, 5.74) is 5.05. The number of halogens is 1. The topological polar surface area (TPSA) is 15.8 Å². The van der Waals surface area contributed by atoms with Crippen LogP contribution in [0, 0.1) is 0 Å². The fourth-order valence-corrected chi connectivity index (χ4v) is 3.81. The summed E-state index contributed by atoms with van der Waals surface area (Å²) in [5, 5.41) is 2.12. The first-order valence-corrected chi connectivity index (χ1v) is 7.21. The zero-order valence-electron chi connectivity index (χ0n) is 9.53. The summed E-state index contributed by atoms with van der Waals surface area (Å²) in [6.45, 7) is 0. The van der Waals surface area contributed by atoms with Gasteiger partial charge in [0, 0.05) is 32.1 Å². The summed E-state index contributed by atoms with van der Waals surface area (Å²) in [7, 11) is 0. The summed E-state index contributed by atoms with van der Waals surface area (Å²) in [6.07, 6.45) is 0. The highest BCUT2D eigenvalue weighted by Crippen LogP contribution is 2.44. The van der Waals surface area contributed by atoms with E-state index in [1.54, 1.807) is 0 Å². The molecule has 2 aromatic carbocycles. The van der Waals surface area contributed by atoms with Gasteiger partial charge in [-0.3, -0.25) is 0 Å². The molecule has 0 fully saturated rings. The van der Waals surface area contributed by atoms with Gasteiger partial charge in [0.25, 0.3) is 0 Å². The first kappa shape index (κ1) is 10.5. The molecule has 0 amide bonds. The second kappa shape index (κ2) is 3.81. The maximum atomic E-state index is 6.12. The molecule has 88 valence electrons. The molecule has 1 nitrogen and oxygen atoms in total. The van der Waals surface area contributed by atoms with E-state index in [1.165, 1.54) is 32.6 Å². The number of hydrogen-bond acceptors (Lipinski definition) is 1. The van der Waals surface area contributed by atoms with E-state index < -0.39 is 0 Å². The van der Waals surface area contributed by atoms with Crippen LogP contribution in [0.25, 0.3) is 22.2 Å². The van der Waals surface area contributed by atoms with Crippen molar-refractivity contribution in [3.8, 4) is 11.3 Å². The molecule has 0 saturated carbocycles. The molecule has 1 N–H and O–H groups in total. The molecule has 1 aromatic heterocycles. The Hall–Kier alpha value is -1.38. The van der Waals surface area contributed by atoms with Crippen molar-refractivity contribution in [3.63, 3.8) is 0 Å². The molecule has 3 aromatic rings. The summed E-state index contributed by atoms with van der Waals surface area (Å²) in [4.78, 5) is 4.83. The summed E-state index contributed by atoms with van der Waals surface area (Å²) in [5.74, 6) is 1.02. The average molecular weight is 272 g/mol. The largest absolute Gasteiger partial charge is 0.354 e. The Kier molecular flexibility index (Phi) is 2.23. The molecule has 2 heterocycles. The molecule has 0 saturated heterocycles. The van der Waals surface area contributed by atoms with E-state index in [0.29, 0.717) is 0 Å². The Morgan fingerprint density at radius 1 is 1.11 bits per heavy atom. The molecule has 18 heavy (non-hydrogen) atoms. The molecule has 0 unspecified atom stereocenters. The Labute approximate surface area is 114 Å². The van der Waals surface area contributed by atoms with Crippen LogP contribution in [-0.2, 0) is 5.75 Å². The van der Waals surface area contributed by atoms with Gasteiger partial charge in [-0.05, 0) is 29.8 Å². The second-order valence-corrected chi connectivity index (χ2v) is 5.91. The maximum absolute atomic E-state index is 6.12. The van der Waals surface area contributed by atoms with E-state index in [9.17, 15) is 0 Å². The minimum absolute atomic E-state index is 0.792. The Morgan fingerprint density at radius 3 is 2.94 bits per heavy atom. The van der Waals surface area contributed by atoms with Crippen molar-refractivity contribution in [2.24, 2.45) is 0 Å². The minimum Gasteiger partial charge on any atom is -0.354 e. The summed E-state index contributed by atoms with van der Waals surface area (Å²) < 4.78 is 0. The first-order valence-electron chi connectivity index (χ1n) is 5.85. The van der Waals surface area contributed by atoms with Crippen LogP contribution < -0.4 is 0 Å². The standard InChI is InChI=1S/C15H10ClNS/c16-9-5-6-14-11(7-9)15-12(8-18-14)10-3-1-2-4-13(10)17-15/h1-7,17H,8H2. The van der Waals surface area contributed by atoms with Crippen LogP contribution in [0.15, 0.2) is 47.4 Å². The molecule has 4 rings (SSSR count). The van der Waals surface area contributed by atoms with Crippen molar-refractivity contribution in [2.45, 2.75) is 10.6 Å². The van der Waals surface area contributed by atoms with Crippen LogP contribution in [-0.4, -0.2) is 4.98 Å². The maximum Gasteiger partial charge on any atom is 0.0517 e. The lowest BCUT2D eigenvalue weighted by molar-refractivity contribution is 1.30. The Bertz CT molecular complexity index is 760. The van der Waals surface area contributed by atoms with Crippen LogP contribution in [0.5, 0.6) is 0 Å². The van der Waals surface area contributed by atoms with Gasteiger partial charge in [0.15, 0.2) is 0 Å². The van der Waals surface area contributed by atoms with Gasteiger partial charge in [0.1, 0.15) is 0 Å². The predicted molar refractivity (Wildman–Crippen MR) is 78.3 cm³/mol. The van der Waals surface area contributed by atoms with Crippen molar-refractivity contribution in [1.82, 2.24) is 4.98 Å². The molecule has 0 spiro atoms. The molecule has 0 atom stereocenters. The summed E-state index contributed by atoms with van der Waals surface area (Å²) >= 11 is 8.00. The van der Waals surface area contributed by atoms with E-state index in [2.05, 4.69) is 41.4 Å². The monoisotopic (exact) mass is 271 g/mol. The second-order valence-electron chi connectivity index (χ2n) is 4.45. The van der Waals surface area contributed by atoms with Gasteiger partial charge in [0.2, 0.25) is 0 Å². The SMILES string of the molecule is Clc1ccc2c(c1)-c1[nH]c3ccccc3c1CS2. The molecular weight excluding hydrogens is 262 g/mol. The van der Waals surface area contributed by atoms with Crippen molar-refractivity contribution < 1.29 is 0 Å². The van der Waals surface area contributed by atoms with Gasteiger partial charge in [-0.15, -0.1) is 11.8 Å². The third-order valence-electron chi connectivity index (χ3n) is 3.40. The van der Waals surface area contributed by atoms with Gasteiger partial charge in [0.05, 0.1) is 5.69 Å². The molecule has 0 bridgehead atoms. The molecule has 0 aliphatic carbocycles. The van der Waals surface area contributed by atoms with E-state index in [-0.39, 0.29) is 0 Å². The van der Waals surface area contributed by atoms with Crippen molar-refractivity contribution >= 4 is 34.3 Å². The zero-order chi connectivity index (χ0) is 12.1. The lowest BCUT2D eigenvalue weighted by Crippen LogP contribution is -1.94. The normalized spacial score (nSPS) is 13.4. The number of rotatable bonds is 0. The number of fused-ring (bicyclic) bond motifs is 5. The van der Waals surface area contributed by atoms with E-state index in [4.69, 9.17) is 11.6 Å². The smallest absolute Gasteiger partial charge is 0.0517 e. The fourth-order valence-electron chi connectivity index (χ4n) is 2.55. The number of benzene rings is 2. The number of thioether (sulfide) groups is 1. The number of aromatic amines is 1. The highest BCUT2D eigenvalue weighted by molar-refractivity contribution is 7.98. The van der Waals surface area contributed by atoms with Crippen LogP contribution >= 0.6 is 23.4 Å². The van der Waals surface area contributed by atoms with Crippen LogP contribution in [0.4, 0.5) is 0 Å². The number of nitrogens with one attached hydrogen (secondary N) is 1. The predicted octanol–water partition coefficient (Wildman–Crippen LogP) is 5.09. The van der Waals surface area contributed by atoms with E-state index in [0.717, 1.165) is 10.8 Å². The lowest BCUT2D eigenvalue weighted by atomic mass is 10.1. The van der Waals surface area contributed by atoms with Gasteiger partial charge < -0.3 is 4.98 Å². The van der Waals surface area contributed by atoms with Crippen molar-refractivity contribution in [2.75, 3.05) is 0 Å². The van der Waals surface area contributed by atoms with E-state index in [1.807, 2.05) is 17.8 Å². The van der Waals surface area contributed by atoms with Crippen LogP contribution in [0.3, 0.4) is 0 Å². The highest BCUT2D eigenvalue weighted by atomic mass is 35.5. The molecule has 3 heteroatoms. The van der Waals surface area contributed by atoms with Gasteiger partial charge in [-0.2, -0.15) is 0 Å². The first-order chi connectivity index (χ1) is 8.83. The van der Waals surface area contributed by atoms with Gasteiger partial charge in [-0.1, -0.05) is 29.8 Å². The minimum atomic E-state index is 0.792. The molecule has 0 radical (unpaired) electrons. The number of hydrogen-bond donors (Lipinski definition) is 1. The number of H-pyrrole nitrogens is 1. The van der Waals surface area contributed by atoms with Gasteiger partial charge in [-0.25, -0.2) is 0 Å². The number of aromatic nitrogens is 1. The Morgan fingerprint density at radius 2 is 2.00 bits per heavy atom. The number of para-hydroxylation sites is 1. The molecule has 1 aliphatic heterocycles. The van der Waals surface area contributed by atoms with Crippen LogP contribution in [0.2, 0.25) is 5.02 Å². The molecular formula is C15H10ClNS. The van der Waals surface area contributed by atoms with Crippen LogP contribution in [0.1, 0.15) is 5.56 Å². The molecule has 1 aliphatic rings. The fraction of sp³-hybridized carbons (Fsp3) is 0.0667. The third kappa shape index (κ3) is 1.43. The van der Waals surface area contributed by atoms with Crippen molar-refractivity contribution in [1.29, 1.82) is 0 Å². The van der Waals surface area contributed by atoms with Crippen molar-refractivity contribution in [3.05, 3.63) is 53.1 Å². The third-order valence-corrected chi connectivity index (χ3v) is 4.73. The summed E-state index contributed by atoms with van der Waals surface area (Å²) in [6, 6.07) is 14.6. The van der Waals surface area contributed by atoms with Gasteiger partial charge >= 0.3 is 0 Å². The lowest BCUT2D eigenvalue weighted by Gasteiger charge is -2.16. The quantitative estimate of drug-likeness (QED) is 0.602.